The number of β-amino-alcohol motifs (C(OH)–C–C–N with tert-alkyl or cyclic N) is 1. The SMILES string of the molecule is Cc1ccc(CS(=O)(=O)N2CC[C@](O)(C(F)(F)F)C2)c(F)c1. The predicted octanol–water partition coefficient (Wildman–Crippen LogP) is 1.96. The molecule has 22 heavy (non-hydrogen) atoms. The summed E-state index contributed by atoms with van der Waals surface area (Å²) in [5.74, 6) is -1.47. The maximum Gasteiger partial charge on any atom is 0.418 e. The number of nitrogens with zero attached hydrogens (tertiary/aromatic N) is 1. The Balaban J connectivity index is 2.19. The molecule has 0 spiro atoms. The zero-order valence-corrected chi connectivity index (χ0v) is 12.5. The summed E-state index contributed by atoms with van der Waals surface area (Å²) < 4.78 is 76.7. The van der Waals surface area contributed by atoms with Crippen molar-refractivity contribution in [2.75, 3.05) is 13.1 Å². The Morgan fingerprint density at radius 2 is 2.00 bits per heavy atom. The molecule has 4 nitrogen and oxygen atoms in total. The van der Waals surface area contributed by atoms with E-state index in [1.807, 2.05) is 0 Å². The highest BCUT2D eigenvalue weighted by Gasteiger charge is 2.58. The summed E-state index contributed by atoms with van der Waals surface area (Å²) in [5.41, 5.74) is -2.56. The molecule has 1 heterocycles. The van der Waals surface area contributed by atoms with Gasteiger partial charge in [-0.05, 0) is 18.6 Å². The van der Waals surface area contributed by atoms with Crippen LogP contribution in [0.15, 0.2) is 18.2 Å². The van der Waals surface area contributed by atoms with E-state index >= 15 is 0 Å². The van der Waals surface area contributed by atoms with Crippen molar-refractivity contribution >= 4 is 10.0 Å². The minimum atomic E-state index is -4.91. The topological polar surface area (TPSA) is 57.6 Å². The van der Waals surface area contributed by atoms with Crippen LogP contribution in [-0.4, -0.2) is 42.7 Å². The Hall–Kier alpha value is -1.19. The maximum absolute atomic E-state index is 13.7. The molecular formula is C13H15F4NO3S. The molecule has 1 atom stereocenters. The van der Waals surface area contributed by atoms with E-state index < -0.39 is 52.9 Å². The van der Waals surface area contributed by atoms with Crippen molar-refractivity contribution in [3.05, 3.63) is 35.1 Å². The molecule has 0 saturated carbocycles. The summed E-state index contributed by atoms with van der Waals surface area (Å²) in [4.78, 5) is 0. The first-order chi connectivity index (χ1) is 9.95. The lowest BCUT2D eigenvalue weighted by Crippen LogP contribution is -2.48. The van der Waals surface area contributed by atoms with Crippen LogP contribution >= 0.6 is 0 Å². The van der Waals surface area contributed by atoms with Gasteiger partial charge in [-0.25, -0.2) is 12.8 Å². The summed E-state index contributed by atoms with van der Waals surface area (Å²) in [6, 6.07) is 3.96. The Kier molecular flexibility index (Phi) is 4.27. The number of sulfonamides is 1. The highest BCUT2D eigenvalue weighted by molar-refractivity contribution is 7.88. The summed E-state index contributed by atoms with van der Waals surface area (Å²) in [6.07, 6.45) is -5.64. The maximum atomic E-state index is 13.7. The molecule has 2 rings (SSSR count). The molecule has 0 unspecified atom stereocenters. The number of rotatable bonds is 3. The molecule has 1 N–H and O–H groups in total. The van der Waals surface area contributed by atoms with Crippen molar-refractivity contribution in [2.24, 2.45) is 0 Å². The summed E-state index contributed by atoms with van der Waals surface area (Å²) >= 11 is 0. The van der Waals surface area contributed by atoms with E-state index in [-0.39, 0.29) is 5.56 Å². The Labute approximate surface area is 125 Å². The second-order valence-corrected chi connectivity index (χ2v) is 7.43. The number of benzene rings is 1. The molecule has 1 fully saturated rings. The molecule has 0 aromatic heterocycles. The lowest BCUT2D eigenvalue weighted by Gasteiger charge is -2.25. The van der Waals surface area contributed by atoms with Crippen molar-refractivity contribution in [1.29, 1.82) is 0 Å². The van der Waals surface area contributed by atoms with Gasteiger partial charge in [0, 0.05) is 18.5 Å². The number of hydrogen-bond donors (Lipinski definition) is 1. The fraction of sp³-hybridized carbons (Fsp3) is 0.538. The van der Waals surface area contributed by atoms with Crippen LogP contribution in [0.25, 0.3) is 0 Å². The normalized spacial score (nSPS) is 23.9. The van der Waals surface area contributed by atoms with E-state index in [2.05, 4.69) is 0 Å². The van der Waals surface area contributed by atoms with Crippen LogP contribution in [0.4, 0.5) is 17.6 Å². The van der Waals surface area contributed by atoms with Gasteiger partial charge < -0.3 is 5.11 Å². The first-order valence-corrected chi connectivity index (χ1v) is 8.07. The molecule has 0 bridgehead atoms. The van der Waals surface area contributed by atoms with E-state index in [9.17, 15) is 31.1 Å². The average Bonchev–Trinajstić information content (AvgIpc) is 2.77. The minimum Gasteiger partial charge on any atom is -0.379 e. The van der Waals surface area contributed by atoms with E-state index in [1.165, 1.54) is 12.1 Å². The zero-order chi connectivity index (χ0) is 16.8. The average molecular weight is 341 g/mol. The molecule has 0 radical (unpaired) electrons. The third-order valence-electron chi connectivity index (χ3n) is 3.68. The van der Waals surface area contributed by atoms with Crippen LogP contribution in [0, 0.1) is 12.7 Å². The standard InChI is InChI=1S/C13H15F4NO3S/c1-9-2-3-10(11(14)6-9)7-22(20,21)18-5-4-12(19,8-18)13(15,16)17/h2-3,6,19H,4-5,7-8H2,1H3/t12-/m1/s1. The Bertz CT molecular complexity index is 674. The molecule has 1 aliphatic rings. The van der Waals surface area contributed by atoms with Crippen molar-refractivity contribution < 1.29 is 31.1 Å². The third kappa shape index (κ3) is 3.26. The smallest absolute Gasteiger partial charge is 0.379 e. The predicted molar refractivity (Wildman–Crippen MR) is 71.0 cm³/mol. The van der Waals surface area contributed by atoms with Crippen LogP contribution < -0.4 is 0 Å². The van der Waals surface area contributed by atoms with E-state index in [0.29, 0.717) is 9.87 Å². The van der Waals surface area contributed by atoms with Gasteiger partial charge in [-0.15, -0.1) is 0 Å². The van der Waals surface area contributed by atoms with Crippen molar-refractivity contribution in [3.8, 4) is 0 Å². The molecule has 1 aromatic rings. The monoisotopic (exact) mass is 341 g/mol. The zero-order valence-electron chi connectivity index (χ0n) is 11.7. The van der Waals surface area contributed by atoms with Gasteiger partial charge in [-0.2, -0.15) is 17.5 Å². The van der Waals surface area contributed by atoms with Gasteiger partial charge in [0.05, 0.1) is 12.3 Å². The highest BCUT2D eigenvalue weighted by atomic mass is 32.2. The van der Waals surface area contributed by atoms with Gasteiger partial charge in [0.1, 0.15) is 5.82 Å². The van der Waals surface area contributed by atoms with Crippen molar-refractivity contribution in [2.45, 2.75) is 30.9 Å². The first-order valence-electron chi connectivity index (χ1n) is 6.47. The summed E-state index contributed by atoms with van der Waals surface area (Å²) in [7, 11) is -4.15. The first kappa shape index (κ1) is 17.2. The molecule has 1 saturated heterocycles. The van der Waals surface area contributed by atoms with E-state index in [0.717, 1.165) is 6.07 Å². The Morgan fingerprint density at radius 3 is 2.50 bits per heavy atom. The van der Waals surface area contributed by atoms with Gasteiger partial charge in [0.25, 0.3) is 0 Å². The number of aryl methyl sites for hydroxylation is 1. The molecule has 1 aromatic carbocycles. The highest BCUT2D eigenvalue weighted by Crippen LogP contribution is 2.38. The van der Waals surface area contributed by atoms with Crippen molar-refractivity contribution in [1.82, 2.24) is 4.31 Å². The fourth-order valence-electron chi connectivity index (χ4n) is 2.29. The number of halogens is 4. The molecule has 0 amide bonds. The molecule has 1 aliphatic heterocycles. The summed E-state index contributed by atoms with van der Waals surface area (Å²) in [5, 5.41) is 9.51. The van der Waals surface area contributed by atoms with Gasteiger partial charge in [0.2, 0.25) is 10.0 Å². The molecule has 9 heteroatoms. The van der Waals surface area contributed by atoms with Crippen molar-refractivity contribution in [3.63, 3.8) is 0 Å². The van der Waals surface area contributed by atoms with Crippen LogP contribution in [0.2, 0.25) is 0 Å². The molecular weight excluding hydrogens is 326 g/mol. The van der Waals surface area contributed by atoms with Gasteiger partial charge in [-0.1, -0.05) is 12.1 Å². The Morgan fingerprint density at radius 1 is 1.36 bits per heavy atom. The largest absolute Gasteiger partial charge is 0.418 e. The quantitative estimate of drug-likeness (QED) is 0.855. The van der Waals surface area contributed by atoms with Crippen LogP contribution in [-0.2, 0) is 15.8 Å². The van der Waals surface area contributed by atoms with Crippen LogP contribution in [0.1, 0.15) is 17.5 Å². The van der Waals surface area contributed by atoms with Crippen LogP contribution in [0.5, 0.6) is 0 Å². The van der Waals surface area contributed by atoms with E-state index in [1.54, 1.807) is 6.92 Å². The van der Waals surface area contributed by atoms with Gasteiger partial charge >= 0.3 is 6.18 Å². The lowest BCUT2D eigenvalue weighted by molar-refractivity contribution is -0.252. The summed E-state index contributed by atoms with van der Waals surface area (Å²) in [6.45, 7) is 0.114. The van der Waals surface area contributed by atoms with E-state index in [4.69, 9.17) is 0 Å². The van der Waals surface area contributed by atoms with Crippen LogP contribution in [0.3, 0.4) is 0 Å². The second kappa shape index (κ2) is 5.47. The number of aliphatic hydroxyl groups is 1. The minimum absolute atomic E-state index is 0.118. The number of alkyl halides is 3. The van der Waals surface area contributed by atoms with Gasteiger partial charge in [0.15, 0.2) is 5.60 Å². The molecule has 0 aliphatic carbocycles. The number of hydrogen-bond acceptors (Lipinski definition) is 3. The second-order valence-electron chi connectivity index (χ2n) is 5.46. The fourth-order valence-corrected chi connectivity index (χ4v) is 3.87. The lowest BCUT2D eigenvalue weighted by atomic mass is 10.0. The molecule has 124 valence electrons. The van der Waals surface area contributed by atoms with Gasteiger partial charge in [-0.3, -0.25) is 0 Å². The third-order valence-corrected chi connectivity index (χ3v) is 5.45.